The van der Waals surface area contributed by atoms with Crippen molar-refractivity contribution in [2.45, 2.75) is 0 Å². The van der Waals surface area contributed by atoms with Crippen molar-refractivity contribution in [2.24, 2.45) is 7.05 Å². The molecule has 7 nitrogen and oxygen atoms in total. The third kappa shape index (κ3) is 2.44. The SMILES string of the molecule is Cn1c(C(=O)Nc2ccc(F)c(N)c2)ccc1[N+](=O)[O-]. The van der Waals surface area contributed by atoms with Crippen LogP contribution in [0.2, 0.25) is 0 Å². The number of amides is 1. The first-order chi connectivity index (χ1) is 9.40. The summed E-state index contributed by atoms with van der Waals surface area (Å²) in [5.41, 5.74) is 5.71. The number of carbonyl (C=O) groups excluding carboxylic acids is 1. The highest BCUT2D eigenvalue weighted by molar-refractivity contribution is 6.03. The van der Waals surface area contributed by atoms with Gasteiger partial charge in [-0.3, -0.25) is 4.79 Å². The van der Waals surface area contributed by atoms with Crippen LogP contribution in [0.3, 0.4) is 0 Å². The molecule has 0 bridgehead atoms. The van der Waals surface area contributed by atoms with E-state index in [1.54, 1.807) is 0 Å². The molecular weight excluding hydrogens is 267 g/mol. The lowest BCUT2D eigenvalue weighted by atomic mass is 10.2. The van der Waals surface area contributed by atoms with Gasteiger partial charge in [0.2, 0.25) is 0 Å². The zero-order valence-electron chi connectivity index (χ0n) is 10.5. The molecule has 20 heavy (non-hydrogen) atoms. The number of rotatable bonds is 3. The Balaban J connectivity index is 2.24. The van der Waals surface area contributed by atoms with Gasteiger partial charge in [-0.2, -0.15) is 0 Å². The van der Waals surface area contributed by atoms with Crippen LogP contribution in [0, 0.1) is 15.9 Å². The summed E-state index contributed by atoms with van der Waals surface area (Å²) in [6.07, 6.45) is 0. The van der Waals surface area contributed by atoms with E-state index < -0.39 is 16.6 Å². The molecule has 0 saturated carbocycles. The number of anilines is 2. The van der Waals surface area contributed by atoms with Gasteiger partial charge in [0.15, 0.2) is 5.69 Å². The fourth-order valence-electron chi connectivity index (χ4n) is 1.73. The third-order valence-corrected chi connectivity index (χ3v) is 2.77. The van der Waals surface area contributed by atoms with Gasteiger partial charge < -0.3 is 21.2 Å². The van der Waals surface area contributed by atoms with E-state index in [2.05, 4.69) is 5.32 Å². The van der Waals surface area contributed by atoms with Gasteiger partial charge in [0, 0.05) is 11.8 Å². The van der Waals surface area contributed by atoms with E-state index in [0.717, 1.165) is 10.6 Å². The van der Waals surface area contributed by atoms with Gasteiger partial charge in [0.25, 0.3) is 5.91 Å². The Labute approximate surface area is 113 Å². The quantitative estimate of drug-likeness (QED) is 0.508. The number of nitrogens with zero attached hydrogens (tertiary/aromatic N) is 2. The van der Waals surface area contributed by atoms with E-state index in [9.17, 15) is 19.3 Å². The maximum atomic E-state index is 13.0. The summed E-state index contributed by atoms with van der Waals surface area (Å²) in [6.45, 7) is 0. The smallest absolute Gasteiger partial charge is 0.323 e. The summed E-state index contributed by atoms with van der Waals surface area (Å²) >= 11 is 0. The van der Waals surface area contributed by atoms with Crippen molar-refractivity contribution in [3.8, 4) is 0 Å². The Bertz CT molecular complexity index is 696. The molecule has 0 aliphatic heterocycles. The predicted octanol–water partition coefficient (Wildman–Crippen LogP) is 1.91. The summed E-state index contributed by atoms with van der Waals surface area (Å²) in [7, 11) is 1.41. The minimum atomic E-state index is -0.591. The molecule has 0 unspecified atom stereocenters. The zero-order valence-corrected chi connectivity index (χ0v) is 10.5. The molecule has 8 heteroatoms. The fourth-order valence-corrected chi connectivity index (χ4v) is 1.73. The highest BCUT2D eigenvalue weighted by Crippen LogP contribution is 2.19. The van der Waals surface area contributed by atoms with Gasteiger partial charge in [-0.25, -0.2) is 8.96 Å². The second-order valence-electron chi connectivity index (χ2n) is 4.08. The molecule has 0 radical (unpaired) electrons. The number of halogens is 1. The standard InChI is InChI=1S/C12H11FN4O3/c1-16-10(4-5-11(16)17(19)20)12(18)15-7-2-3-8(13)9(14)6-7/h2-6H,14H2,1H3,(H,15,18). The largest absolute Gasteiger partial charge is 0.396 e. The maximum absolute atomic E-state index is 13.0. The summed E-state index contributed by atoms with van der Waals surface area (Å²) in [5, 5.41) is 13.2. The number of nitrogens with one attached hydrogen (secondary N) is 1. The van der Waals surface area contributed by atoms with Gasteiger partial charge in [0.1, 0.15) is 5.82 Å². The van der Waals surface area contributed by atoms with Crippen molar-refractivity contribution >= 4 is 23.1 Å². The topological polar surface area (TPSA) is 103 Å². The van der Waals surface area contributed by atoms with Crippen LogP contribution in [0.4, 0.5) is 21.6 Å². The molecule has 1 heterocycles. The number of nitrogen functional groups attached to an aromatic ring is 1. The molecule has 0 aliphatic rings. The minimum Gasteiger partial charge on any atom is -0.396 e. The molecule has 0 aliphatic carbocycles. The maximum Gasteiger partial charge on any atom is 0.323 e. The first kappa shape index (κ1) is 13.5. The van der Waals surface area contributed by atoms with Gasteiger partial charge in [-0.15, -0.1) is 0 Å². The zero-order chi connectivity index (χ0) is 14.9. The molecule has 1 amide bonds. The van der Waals surface area contributed by atoms with E-state index in [0.29, 0.717) is 5.69 Å². The van der Waals surface area contributed by atoms with Gasteiger partial charge in [-0.05, 0) is 29.2 Å². The van der Waals surface area contributed by atoms with Crippen molar-refractivity contribution < 1.29 is 14.1 Å². The van der Waals surface area contributed by atoms with Crippen LogP contribution in [0.25, 0.3) is 0 Å². The van der Waals surface area contributed by atoms with Crippen LogP contribution in [0.5, 0.6) is 0 Å². The lowest BCUT2D eigenvalue weighted by Crippen LogP contribution is -2.16. The van der Waals surface area contributed by atoms with Crippen molar-refractivity contribution in [2.75, 3.05) is 11.1 Å². The number of nitro groups is 1. The van der Waals surface area contributed by atoms with E-state index in [1.807, 2.05) is 0 Å². The molecule has 2 rings (SSSR count). The molecule has 0 spiro atoms. The van der Waals surface area contributed by atoms with E-state index in [-0.39, 0.29) is 17.2 Å². The number of nitrogens with two attached hydrogens (primary N) is 1. The molecular formula is C12H11FN4O3. The highest BCUT2D eigenvalue weighted by atomic mass is 19.1. The normalized spacial score (nSPS) is 10.3. The minimum absolute atomic E-state index is 0.0966. The first-order valence-corrected chi connectivity index (χ1v) is 5.56. The van der Waals surface area contributed by atoms with Crippen LogP contribution < -0.4 is 11.1 Å². The average molecular weight is 278 g/mol. The van der Waals surface area contributed by atoms with Gasteiger partial charge in [0.05, 0.1) is 12.7 Å². The van der Waals surface area contributed by atoms with E-state index >= 15 is 0 Å². The van der Waals surface area contributed by atoms with Gasteiger partial charge in [-0.1, -0.05) is 0 Å². The lowest BCUT2D eigenvalue weighted by Gasteiger charge is -2.05. The fraction of sp³-hybridized carbons (Fsp3) is 0.0833. The summed E-state index contributed by atoms with van der Waals surface area (Å²) < 4.78 is 14.2. The monoisotopic (exact) mass is 278 g/mol. The molecule has 1 aromatic heterocycles. The number of hydrogen-bond acceptors (Lipinski definition) is 4. The van der Waals surface area contributed by atoms with Crippen LogP contribution in [0.1, 0.15) is 10.5 Å². The number of carbonyl (C=O) groups is 1. The summed E-state index contributed by atoms with van der Waals surface area (Å²) in [5.74, 6) is -1.34. The molecule has 2 aromatic rings. The Kier molecular flexibility index (Phi) is 3.38. The number of aromatic nitrogens is 1. The van der Waals surface area contributed by atoms with E-state index in [4.69, 9.17) is 5.73 Å². The van der Waals surface area contributed by atoms with Crippen LogP contribution in [-0.4, -0.2) is 15.4 Å². The Morgan fingerprint density at radius 3 is 2.65 bits per heavy atom. The predicted molar refractivity (Wildman–Crippen MR) is 70.8 cm³/mol. The van der Waals surface area contributed by atoms with Crippen molar-refractivity contribution in [1.29, 1.82) is 0 Å². The highest BCUT2D eigenvalue weighted by Gasteiger charge is 2.20. The van der Waals surface area contributed by atoms with Crippen molar-refractivity contribution in [3.63, 3.8) is 0 Å². The number of hydrogen-bond donors (Lipinski definition) is 2. The van der Waals surface area contributed by atoms with Crippen molar-refractivity contribution in [1.82, 2.24) is 4.57 Å². The molecule has 0 fully saturated rings. The Morgan fingerprint density at radius 1 is 1.40 bits per heavy atom. The molecule has 0 saturated heterocycles. The average Bonchev–Trinajstić information content (AvgIpc) is 2.76. The molecule has 1 aromatic carbocycles. The third-order valence-electron chi connectivity index (χ3n) is 2.77. The first-order valence-electron chi connectivity index (χ1n) is 5.56. The van der Waals surface area contributed by atoms with Crippen LogP contribution in [0.15, 0.2) is 30.3 Å². The Hall–Kier alpha value is -2.90. The molecule has 104 valence electrons. The van der Waals surface area contributed by atoms with Crippen molar-refractivity contribution in [3.05, 3.63) is 52.0 Å². The Morgan fingerprint density at radius 2 is 2.10 bits per heavy atom. The molecule has 0 atom stereocenters. The summed E-state index contributed by atoms with van der Waals surface area (Å²) in [6, 6.07) is 6.30. The second-order valence-corrected chi connectivity index (χ2v) is 4.08. The van der Waals surface area contributed by atoms with Crippen LogP contribution >= 0.6 is 0 Å². The second kappa shape index (κ2) is 5.00. The lowest BCUT2D eigenvalue weighted by molar-refractivity contribution is -0.391. The van der Waals surface area contributed by atoms with Gasteiger partial charge >= 0.3 is 5.82 Å². The van der Waals surface area contributed by atoms with Crippen LogP contribution in [-0.2, 0) is 7.05 Å². The van der Waals surface area contributed by atoms with E-state index in [1.165, 1.54) is 31.3 Å². The summed E-state index contributed by atoms with van der Waals surface area (Å²) in [4.78, 5) is 22.1. The molecule has 3 N–H and O–H groups in total. The number of benzene rings is 1.